The first kappa shape index (κ1) is 31.4. The fourth-order valence-electron chi connectivity index (χ4n) is 5.61. The summed E-state index contributed by atoms with van der Waals surface area (Å²) in [5.74, 6) is -0.426. The number of carbonyl (C=O) groups is 2. The third kappa shape index (κ3) is 7.91. The van der Waals surface area contributed by atoms with E-state index in [1.807, 2.05) is 73.8 Å². The van der Waals surface area contributed by atoms with Crippen molar-refractivity contribution < 1.29 is 14.7 Å². The van der Waals surface area contributed by atoms with Gasteiger partial charge in [0, 0.05) is 61.6 Å². The van der Waals surface area contributed by atoms with Crippen LogP contribution in [0.1, 0.15) is 61.4 Å². The maximum Gasteiger partial charge on any atom is 0.254 e. The van der Waals surface area contributed by atoms with E-state index in [1.165, 1.54) is 0 Å². The summed E-state index contributed by atoms with van der Waals surface area (Å²) in [6, 6.07) is 24.3. The highest BCUT2D eigenvalue weighted by atomic mass is 32.1. The lowest BCUT2D eigenvalue weighted by atomic mass is 10.00. The third-order valence-corrected chi connectivity index (χ3v) is 9.06. The first-order valence-electron chi connectivity index (χ1n) is 15.1. The first-order chi connectivity index (χ1) is 21.3. The summed E-state index contributed by atoms with van der Waals surface area (Å²) in [5.41, 5.74) is 5.05. The maximum absolute atomic E-state index is 13.6. The molecule has 2 heterocycles. The van der Waals surface area contributed by atoms with Crippen LogP contribution in [0.4, 0.5) is 5.69 Å². The Morgan fingerprint density at radius 2 is 1.77 bits per heavy atom. The number of amides is 2. The monoisotopic (exact) mass is 611 g/mol. The Balaban J connectivity index is 1.26. The van der Waals surface area contributed by atoms with E-state index in [-0.39, 0.29) is 17.9 Å². The molecule has 0 bridgehead atoms. The SMILES string of the molecule is Cc1csc([C@H]2CCCN2C(=O)c2cccc(C(=O)N[C@@H](Cc3ccccc3)[C@H](O)CNCc3cccc(N(C)C)c3)c2)n1. The zero-order valence-corrected chi connectivity index (χ0v) is 26.4. The summed E-state index contributed by atoms with van der Waals surface area (Å²) in [6.07, 6.45) is 1.43. The molecule has 1 aliphatic heterocycles. The number of likely N-dealkylation sites (tertiary alicyclic amines) is 1. The summed E-state index contributed by atoms with van der Waals surface area (Å²) in [6.45, 7) is 3.52. The largest absolute Gasteiger partial charge is 0.390 e. The van der Waals surface area contributed by atoms with Crippen LogP contribution in [0.5, 0.6) is 0 Å². The highest BCUT2D eigenvalue weighted by molar-refractivity contribution is 7.09. The van der Waals surface area contributed by atoms with E-state index in [9.17, 15) is 14.7 Å². The second-order valence-corrected chi connectivity index (χ2v) is 12.5. The van der Waals surface area contributed by atoms with Crippen molar-refractivity contribution in [3.63, 3.8) is 0 Å². The van der Waals surface area contributed by atoms with E-state index in [2.05, 4.69) is 32.7 Å². The van der Waals surface area contributed by atoms with Crippen LogP contribution in [0.25, 0.3) is 0 Å². The lowest BCUT2D eigenvalue weighted by Gasteiger charge is -2.25. The van der Waals surface area contributed by atoms with Crippen LogP contribution in [-0.4, -0.2) is 66.1 Å². The minimum Gasteiger partial charge on any atom is -0.390 e. The molecule has 9 heteroatoms. The predicted octanol–water partition coefficient (Wildman–Crippen LogP) is 4.99. The van der Waals surface area contributed by atoms with Crippen molar-refractivity contribution in [1.82, 2.24) is 20.5 Å². The first-order valence-corrected chi connectivity index (χ1v) is 16.0. The number of aryl methyl sites for hydroxylation is 1. The van der Waals surface area contributed by atoms with E-state index in [0.717, 1.165) is 40.4 Å². The van der Waals surface area contributed by atoms with Gasteiger partial charge in [0.05, 0.1) is 18.2 Å². The average molecular weight is 612 g/mol. The Labute approximate surface area is 263 Å². The van der Waals surface area contributed by atoms with Crippen molar-refractivity contribution in [3.8, 4) is 0 Å². The van der Waals surface area contributed by atoms with E-state index < -0.39 is 12.1 Å². The van der Waals surface area contributed by atoms with Gasteiger partial charge in [0.15, 0.2) is 0 Å². The van der Waals surface area contributed by atoms with Crippen LogP contribution < -0.4 is 15.5 Å². The summed E-state index contributed by atoms with van der Waals surface area (Å²) >= 11 is 1.59. The number of aliphatic hydroxyl groups excluding tert-OH is 1. The predicted molar refractivity (Wildman–Crippen MR) is 176 cm³/mol. The molecule has 0 saturated carbocycles. The van der Waals surface area contributed by atoms with Crippen LogP contribution in [0.15, 0.2) is 84.2 Å². The van der Waals surface area contributed by atoms with Crippen LogP contribution in [0.2, 0.25) is 0 Å². The van der Waals surface area contributed by atoms with Crippen LogP contribution in [0, 0.1) is 6.92 Å². The summed E-state index contributed by atoms with van der Waals surface area (Å²) in [5, 5.41) is 20.6. The molecule has 1 fully saturated rings. The molecule has 1 aromatic heterocycles. The molecule has 5 rings (SSSR count). The smallest absolute Gasteiger partial charge is 0.254 e. The zero-order chi connectivity index (χ0) is 31.1. The number of thiazole rings is 1. The topological polar surface area (TPSA) is 97.8 Å². The second-order valence-electron chi connectivity index (χ2n) is 11.6. The Bertz CT molecular complexity index is 1560. The fraction of sp³-hybridized carbons (Fsp3) is 0.343. The molecule has 0 radical (unpaired) electrons. The van der Waals surface area contributed by atoms with Gasteiger partial charge in [-0.15, -0.1) is 11.3 Å². The van der Waals surface area contributed by atoms with Gasteiger partial charge in [-0.1, -0.05) is 48.5 Å². The molecule has 0 aliphatic carbocycles. The number of carbonyl (C=O) groups excluding carboxylic acids is 2. The summed E-state index contributed by atoms with van der Waals surface area (Å²) in [7, 11) is 4.01. The number of benzene rings is 3. The molecule has 44 heavy (non-hydrogen) atoms. The molecule has 2 amide bonds. The molecule has 0 spiro atoms. The molecular formula is C35H41N5O3S. The lowest BCUT2D eigenvalue weighted by molar-refractivity contribution is 0.0735. The normalized spacial score (nSPS) is 16.0. The molecule has 3 N–H and O–H groups in total. The molecular weight excluding hydrogens is 570 g/mol. The van der Waals surface area contributed by atoms with Crippen LogP contribution in [-0.2, 0) is 13.0 Å². The van der Waals surface area contributed by atoms with Gasteiger partial charge >= 0.3 is 0 Å². The number of anilines is 1. The van der Waals surface area contributed by atoms with Crippen molar-refractivity contribution in [1.29, 1.82) is 0 Å². The Hall–Kier alpha value is -4.05. The second kappa shape index (κ2) is 14.6. The summed E-state index contributed by atoms with van der Waals surface area (Å²) in [4.78, 5) is 35.7. The van der Waals surface area contributed by atoms with Crippen molar-refractivity contribution in [2.45, 2.75) is 50.9 Å². The number of hydrogen-bond donors (Lipinski definition) is 3. The standard InChI is InChI=1S/C35H41N5O3S/c1-24-23-44-34(37-24)31-16-9-17-40(31)35(43)28-14-8-13-27(20-28)33(42)38-30(19-25-10-5-4-6-11-25)32(41)22-36-21-26-12-7-15-29(18-26)39(2)3/h4-8,10-15,18,20,23,30-32,36,41H,9,16-17,19,21-22H2,1-3H3,(H,38,42)/t30-,31+,32+/m0/s1. The van der Waals surface area contributed by atoms with E-state index in [4.69, 9.17) is 0 Å². The van der Waals surface area contributed by atoms with Crippen molar-refractivity contribution in [2.75, 3.05) is 32.1 Å². The maximum atomic E-state index is 13.6. The van der Waals surface area contributed by atoms with Gasteiger partial charge < -0.3 is 25.5 Å². The molecule has 0 unspecified atom stereocenters. The Morgan fingerprint density at radius 3 is 2.52 bits per heavy atom. The fourth-order valence-corrected chi connectivity index (χ4v) is 6.55. The number of nitrogens with zero attached hydrogens (tertiary/aromatic N) is 3. The molecule has 1 aliphatic rings. The Kier molecular flexibility index (Phi) is 10.4. The highest BCUT2D eigenvalue weighted by Gasteiger charge is 2.33. The molecule has 1 saturated heterocycles. The number of hydrogen-bond acceptors (Lipinski definition) is 7. The lowest BCUT2D eigenvalue weighted by Crippen LogP contribution is -2.48. The third-order valence-electron chi connectivity index (χ3n) is 8.00. The molecule has 3 atom stereocenters. The number of nitrogens with one attached hydrogen (secondary N) is 2. The molecule has 3 aromatic carbocycles. The highest BCUT2D eigenvalue weighted by Crippen LogP contribution is 2.34. The van der Waals surface area contributed by atoms with Gasteiger partial charge in [0.2, 0.25) is 0 Å². The van der Waals surface area contributed by atoms with Crippen molar-refractivity contribution in [2.24, 2.45) is 0 Å². The van der Waals surface area contributed by atoms with Crippen molar-refractivity contribution in [3.05, 3.63) is 117 Å². The van der Waals surface area contributed by atoms with Crippen LogP contribution >= 0.6 is 11.3 Å². The van der Waals surface area contributed by atoms with Gasteiger partial charge in [-0.25, -0.2) is 4.98 Å². The van der Waals surface area contributed by atoms with Gasteiger partial charge in [0.25, 0.3) is 11.8 Å². The van der Waals surface area contributed by atoms with E-state index in [0.29, 0.717) is 37.2 Å². The molecule has 230 valence electrons. The van der Waals surface area contributed by atoms with Crippen LogP contribution in [0.3, 0.4) is 0 Å². The molecule has 4 aromatic rings. The molecule has 8 nitrogen and oxygen atoms in total. The number of aromatic nitrogens is 1. The zero-order valence-electron chi connectivity index (χ0n) is 25.6. The Morgan fingerprint density at radius 1 is 1.02 bits per heavy atom. The number of aliphatic hydroxyl groups is 1. The van der Waals surface area contributed by atoms with Crippen molar-refractivity contribution >= 4 is 28.8 Å². The van der Waals surface area contributed by atoms with Gasteiger partial charge in [-0.05, 0) is 67.6 Å². The van der Waals surface area contributed by atoms with E-state index in [1.54, 1.807) is 35.6 Å². The van der Waals surface area contributed by atoms with Gasteiger partial charge in [-0.3, -0.25) is 9.59 Å². The van der Waals surface area contributed by atoms with Gasteiger partial charge in [-0.2, -0.15) is 0 Å². The average Bonchev–Trinajstić information content (AvgIpc) is 3.70. The minimum absolute atomic E-state index is 0.0399. The van der Waals surface area contributed by atoms with E-state index >= 15 is 0 Å². The van der Waals surface area contributed by atoms with Gasteiger partial charge in [0.1, 0.15) is 5.01 Å². The minimum atomic E-state index is -0.840. The number of rotatable bonds is 12. The summed E-state index contributed by atoms with van der Waals surface area (Å²) < 4.78 is 0. The quantitative estimate of drug-likeness (QED) is 0.209.